The predicted octanol–water partition coefficient (Wildman–Crippen LogP) is 3.89. The number of sulfonamides is 1. The van der Waals surface area contributed by atoms with Gasteiger partial charge in [0.25, 0.3) is 10.0 Å². The van der Waals surface area contributed by atoms with Crippen LogP contribution in [0.1, 0.15) is 31.7 Å². The minimum absolute atomic E-state index is 0.121. The Morgan fingerprint density at radius 2 is 1.79 bits per heavy atom. The number of nitrogens with one attached hydrogen (secondary N) is 2. The van der Waals surface area contributed by atoms with Crippen molar-refractivity contribution in [2.45, 2.75) is 37.5 Å². The summed E-state index contributed by atoms with van der Waals surface area (Å²) in [6, 6.07) is 14.1. The zero-order valence-electron chi connectivity index (χ0n) is 22.3. The van der Waals surface area contributed by atoms with Crippen LogP contribution in [-0.4, -0.2) is 80.1 Å². The molecule has 9 nitrogen and oxygen atoms in total. The Morgan fingerprint density at radius 3 is 2.51 bits per heavy atom. The zero-order chi connectivity index (χ0) is 27.7. The average molecular weight is 572 g/mol. The van der Waals surface area contributed by atoms with Gasteiger partial charge in [-0.1, -0.05) is 44.0 Å². The summed E-state index contributed by atoms with van der Waals surface area (Å²) in [5, 5.41) is 14.3. The largest absolute Gasteiger partial charge is 0.395 e. The van der Waals surface area contributed by atoms with E-state index in [0.717, 1.165) is 63.0 Å². The molecule has 3 N–H and O–H groups in total. The number of aryl methyl sites for hydroxylation is 1. The minimum Gasteiger partial charge on any atom is -0.395 e. The van der Waals surface area contributed by atoms with E-state index in [9.17, 15) is 13.2 Å². The maximum Gasteiger partial charge on any atom is 0.261 e. The van der Waals surface area contributed by atoms with Gasteiger partial charge in [0.15, 0.2) is 5.13 Å². The second-order valence-corrected chi connectivity index (χ2v) is 12.3. The lowest BCUT2D eigenvalue weighted by atomic mass is 10.1. The molecule has 0 bridgehead atoms. The molecule has 1 saturated heterocycles. The van der Waals surface area contributed by atoms with Crippen LogP contribution in [0.15, 0.2) is 58.8 Å². The van der Waals surface area contributed by atoms with E-state index in [1.807, 2.05) is 23.6 Å². The zero-order valence-corrected chi connectivity index (χ0v) is 23.9. The molecule has 39 heavy (non-hydrogen) atoms. The van der Waals surface area contributed by atoms with E-state index >= 15 is 0 Å². The second-order valence-electron chi connectivity index (χ2n) is 9.71. The fourth-order valence-electron chi connectivity index (χ4n) is 4.51. The number of benzene rings is 2. The number of piperazine rings is 1. The third-order valence-corrected chi connectivity index (χ3v) is 8.87. The van der Waals surface area contributed by atoms with Crippen LogP contribution in [0.5, 0.6) is 0 Å². The van der Waals surface area contributed by atoms with Gasteiger partial charge < -0.3 is 10.4 Å². The molecule has 0 saturated carbocycles. The Kier molecular flexibility index (Phi) is 10.5. The van der Waals surface area contributed by atoms with Crippen molar-refractivity contribution in [3.05, 3.63) is 59.5 Å². The van der Waals surface area contributed by atoms with E-state index in [-0.39, 0.29) is 17.4 Å². The van der Waals surface area contributed by atoms with Crippen molar-refractivity contribution in [3.8, 4) is 11.3 Å². The molecule has 0 unspecified atom stereocenters. The van der Waals surface area contributed by atoms with Gasteiger partial charge in [-0.05, 0) is 42.7 Å². The number of amides is 1. The summed E-state index contributed by atoms with van der Waals surface area (Å²) in [6.07, 6.45) is 4.35. The van der Waals surface area contributed by atoms with E-state index in [1.54, 1.807) is 30.3 Å². The van der Waals surface area contributed by atoms with E-state index in [4.69, 9.17) is 5.11 Å². The first-order chi connectivity index (χ1) is 18.9. The molecule has 1 amide bonds. The molecule has 1 aliphatic rings. The molecule has 0 radical (unpaired) electrons. The van der Waals surface area contributed by atoms with Crippen molar-refractivity contribution in [1.82, 2.24) is 14.8 Å². The van der Waals surface area contributed by atoms with Gasteiger partial charge in [-0.2, -0.15) is 0 Å². The highest BCUT2D eigenvalue weighted by Gasteiger charge is 2.19. The van der Waals surface area contributed by atoms with Crippen LogP contribution >= 0.6 is 11.3 Å². The number of carbonyl (C=O) groups excluding carboxylic acids is 1. The summed E-state index contributed by atoms with van der Waals surface area (Å²) in [5.41, 5.74) is 2.98. The SMILES string of the molecule is CCCCCc1ccc(S(=O)(=O)Nc2cccc(-c3csc(NC(=O)CN4CCN(CCO)CC4)n3)c2)cc1. The molecule has 210 valence electrons. The number of hydrogen-bond acceptors (Lipinski definition) is 8. The molecular weight excluding hydrogens is 534 g/mol. The lowest BCUT2D eigenvalue weighted by molar-refractivity contribution is -0.117. The number of rotatable bonds is 13. The van der Waals surface area contributed by atoms with Crippen molar-refractivity contribution >= 4 is 38.1 Å². The van der Waals surface area contributed by atoms with Gasteiger partial charge in [-0.3, -0.25) is 19.3 Å². The molecule has 2 heterocycles. The first kappa shape index (κ1) is 29.2. The van der Waals surface area contributed by atoms with Crippen LogP contribution in [0, 0.1) is 0 Å². The Balaban J connectivity index is 1.33. The van der Waals surface area contributed by atoms with Gasteiger partial charge in [-0.15, -0.1) is 11.3 Å². The van der Waals surface area contributed by atoms with Crippen LogP contribution in [0.4, 0.5) is 10.8 Å². The monoisotopic (exact) mass is 571 g/mol. The van der Waals surface area contributed by atoms with Crippen molar-refractivity contribution in [3.63, 3.8) is 0 Å². The summed E-state index contributed by atoms with van der Waals surface area (Å²) in [6.45, 7) is 6.49. The molecule has 11 heteroatoms. The highest BCUT2D eigenvalue weighted by atomic mass is 32.2. The molecular formula is C28H37N5O4S2. The van der Waals surface area contributed by atoms with Gasteiger partial charge in [0.05, 0.1) is 23.7 Å². The highest BCUT2D eigenvalue weighted by Crippen LogP contribution is 2.28. The molecule has 4 rings (SSSR count). The number of thiazole rings is 1. The Bertz CT molecular complexity index is 1320. The number of aliphatic hydroxyl groups excluding tert-OH is 1. The first-order valence-corrected chi connectivity index (χ1v) is 15.8. The Morgan fingerprint density at radius 1 is 1.05 bits per heavy atom. The number of nitrogens with zero attached hydrogens (tertiary/aromatic N) is 3. The normalized spacial score (nSPS) is 14.8. The van der Waals surface area contributed by atoms with E-state index < -0.39 is 10.0 Å². The predicted molar refractivity (Wildman–Crippen MR) is 157 cm³/mol. The van der Waals surface area contributed by atoms with Gasteiger partial charge >= 0.3 is 0 Å². The van der Waals surface area contributed by atoms with Crippen LogP contribution in [-0.2, 0) is 21.2 Å². The lowest BCUT2D eigenvalue weighted by Gasteiger charge is -2.33. The summed E-state index contributed by atoms with van der Waals surface area (Å²) in [4.78, 5) is 21.6. The maximum atomic E-state index is 13.0. The van der Waals surface area contributed by atoms with Crippen molar-refractivity contribution in [2.24, 2.45) is 0 Å². The summed E-state index contributed by atoms with van der Waals surface area (Å²) >= 11 is 1.33. The third-order valence-electron chi connectivity index (χ3n) is 6.71. The standard InChI is InChI=1S/C28H37N5O4S2/c1-2-3-4-6-22-9-11-25(12-10-22)39(36,37)31-24-8-5-7-23(19-24)26-21-38-28(29-26)30-27(35)20-33-15-13-32(14-16-33)17-18-34/h5,7-12,19,21,31,34H,2-4,6,13-18,20H2,1H3,(H,29,30,35). The van der Waals surface area contributed by atoms with Gasteiger partial charge in [0.1, 0.15) is 0 Å². The number of carbonyl (C=O) groups is 1. The minimum atomic E-state index is -3.73. The van der Waals surface area contributed by atoms with E-state index in [2.05, 4.69) is 31.7 Å². The van der Waals surface area contributed by atoms with Gasteiger partial charge in [-0.25, -0.2) is 13.4 Å². The second kappa shape index (κ2) is 14.0. The molecule has 0 spiro atoms. The topological polar surface area (TPSA) is 115 Å². The molecule has 0 atom stereocenters. The van der Waals surface area contributed by atoms with E-state index in [0.29, 0.717) is 29.6 Å². The Hall–Kier alpha value is -2.83. The fourth-order valence-corrected chi connectivity index (χ4v) is 6.29. The lowest BCUT2D eigenvalue weighted by Crippen LogP contribution is -2.49. The van der Waals surface area contributed by atoms with Crippen molar-refractivity contribution in [2.75, 3.05) is 55.9 Å². The average Bonchev–Trinajstić information content (AvgIpc) is 3.39. The molecule has 1 aromatic heterocycles. The Labute approximate surface area is 234 Å². The van der Waals surface area contributed by atoms with E-state index in [1.165, 1.54) is 11.3 Å². The number of β-amino-alcohol motifs (C(OH)–C–C–N with tert-alkyl or cyclic N) is 1. The number of hydrogen-bond donors (Lipinski definition) is 3. The molecule has 0 aliphatic carbocycles. The van der Waals surface area contributed by atoms with Crippen LogP contribution < -0.4 is 10.0 Å². The number of unbranched alkanes of at least 4 members (excludes halogenated alkanes) is 2. The van der Waals surface area contributed by atoms with Crippen molar-refractivity contribution < 1.29 is 18.3 Å². The van der Waals surface area contributed by atoms with Crippen LogP contribution in [0.2, 0.25) is 0 Å². The van der Waals surface area contributed by atoms with Crippen molar-refractivity contribution in [1.29, 1.82) is 0 Å². The quantitative estimate of drug-likeness (QED) is 0.267. The molecule has 2 aromatic carbocycles. The van der Waals surface area contributed by atoms with Crippen LogP contribution in [0.25, 0.3) is 11.3 Å². The molecule has 1 fully saturated rings. The number of aliphatic hydroxyl groups is 1. The molecule has 3 aromatic rings. The molecule has 1 aliphatic heterocycles. The van der Waals surface area contributed by atoms with Gasteiger partial charge in [0, 0.05) is 49.4 Å². The fraction of sp³-hybridized carbons (Fsp3) is 0.429. The smallest absolute Gasteiger partial charge is 0.261 e. The number of aromatic nitrogens is 1. The summed E-state index contributed by atoms with van der Waals surface area (Å²) < 4.78 is 28.6. The van der Waals surface area contributed by atoms with Crippen LogP contribution in [0.3, 0.4) is 0 Å². The maximum absolute atomic E-state index is 13.0. The first-order valence-electron chi connectivity index (χ1n) is 13.4. The van der Waals surface area contributed by atoms with Gasteiger partial charge in [0.2, 0.25) is 5.91 Å². The number of anilines is 2. The highest BCUT2D eigenvalue weighted by molar-refractivity contribution is 7.92. The summed E-state index contributed by atoms with van der Waals surface area (Å²) in [7, 11) is -3.73. The summed E-state index contributed by atoms with van der Waals surface area (Å²) in [5.74, 6) is -0.121. The third kappa shape index (κ3) is 8.58.